The molecule has 1 aliphatic rings. The normalized spacial score (nSPS) is 17.0. The number of aliphatic hydroxyl groups is 1. The Morgan fingerprint density at radius 3 is 2.40 bits per heavy atom. The first-order valence-electron chi connectivity index (χ1n) is 11.2. The van der Waals surface area contributed by atoms with E-state index in [-0.39, 0.29) is 17.2 Å². The van der Waals surface area contributed by atoms with Crippen molar-refractivity contribution in [3.05, 3.63) is 99.0 Å². The molecule has 1 unspecified atom stereocenters. The Kier molecular flexibility index (Phi) is 6.89. The third kappa shape index (κ3) is 4.77. The third-order valence-corrected chi connectivity index (χ3v) is 6.91. The number of carbonyl (C=O) groups is 3. The summed E-state index contributed by atoms with van der Waals surface area (Å²) in [5, 5.41) is 14.0. The van der Waals surface area contributed by atoms with E-state index in [0.29, 0.717) is 22.5 Å². The summed E-state index contributed by atoms with van der Waals surface area (Å²) in [4.78, 5) is 39.6. The molecule has 3 aromatic carbocycles. The van der Waals surface area contributed by atoms with Crippen LogP contribution in [0.5, 0.6) is 0 Å². The fourth-order valence-electron chi connectivity index (χ4n) is 4.23. The Balaban J connectivity index is 1.92. The molecule has 35 heavy (non-hydrogen) atoms. The average molecular weight is 533 g/mol. The summed E-state index contributed by atoms with van der Waals surface area (Å²) in [7, 11) is 0. The lowest BCUT2D eigenvalue weighted by molar-refractivity contribution is -0.132. The lowest BCUT2D eigenvalue weighted by Gasteiger charge is -2.26. The van der Waals surface area contributed by atoms with Gasteiger partial charge in [-0.25, -0.2) is 0 Å². The number of aliphatic hydroxyl groups excluding tert-OH is 1. The molecule has 0 aromatic heterocycles. The van der Waals surface area contributed by atoms with E-state index in [1.807, 2.05) is 38.1 Å². The number of carbonyl (C=O) groups excluding carboxylic acids is 3. The molecule has 1 atom stereocenters. The number of benzene rings is 3. The van der Waals surface area contributed by atoms with Crippen molar-refractivity contribution in [2.75, 3.05) is 10.2 Å². The van der Waals surface area contributed by atoms with Crippen LogP contribution in [0.1, 0.15) is 42.1 Å². The molecule has 4 rings (SSSR count). The minimum atomic E-state index is -0.836. The highest BCUT2D eigenvalue weighted by Gasteiger charge is 2.47. The number of Topliss-reactive ketones (excluding diaryl/α,β-unsaturated/α-hetero) is 1. The van der Waals surface area contributed by atoms with Crippen molar-refractivity contribution in [1.29, 1.82) is 0 Å². The number of ketones is 1. The van der Waals surface area contributed by atoms with Crippen LogP contribution in [-0.2, 0) is 20.8 Å². The zero-order valence-electron chi connectivity index (χ0n) is 19.6. The van der Waals surface area contributed by atoms with E-state index in [1.54, 1.807) is 42.5 Å². The molecule has 7 heteroatoms. The quantitative estimate of drug-likeness (QED) is 0.243. The highest BCUT2D eigenvalue weighted by atomic mass is 79.9. The highest BCUT2D eigenvalue weighted by Crippen LogP contribution is 2.43. The van der Waals surface area contributed by atoms with Crippen LogP contribution in [0.2, 0.25) is 0 Å². The molecule has 1 aliphatic heterocycles. The van der Waals surface area contributed by atoms with Gasteiger partial charge in [0.1, 0.15) is 5.76 Å². The van der Waals surface area contributed by atoms with Gasteiger partial charge in [0, 0.05) is 28.3 Å². The van der Waals surface area contributed by atoms with Crippen molar-refractivity contribution in [3.63, 3.8) is 0 Å². The Morgan fingerprint density at radius 1 is 1.06 bits per heavy atom. The monoisotopic (exact) mass is 532 g/mol. The van der Waals surface area contributed by atoms with Gasteiger partial charge in [0.15, 0.2) is 0 Å². The average Bonchev–Trinajstić information content (AvgIpc) is 3.10. The predicted molar refractivity (Wildman–Crippen MR) is 140 cm³/mol. The van der Waals surface area contributed by atoms with Crippen LogP contribution >= 0.6 is 15.9 Å². The summed E-state index contributed by atoms with van der Waals surface area (Å²) >= 11 is 3.45. The van der Waals surface area contributed by atoms with Crippen LogP contribution in [-0.4, -0.2) is 22.7 Å². The number of rotatable bonds is 5. The second kappa shape index (κ2) is 9.88. The van der Waals surface area contributed by atoms with Crippen LogP contribution in [0.15, 0.2) is 76.8 Å². The molecule has 2 N–H and O–H groups in total. The second-order valence-electron chi connectivity index (χ2n) is 8.46. The number of amides is 2. The zero-order valence-corrected chi connectivity index (χ0v) is 21.2. The molecular formula is C28H25BrN2O4. The van der Waals surface area contributed by atoms with Gasteiger partial charge in [-0.2, -0.15) is 0 Å². The van der Waals surface area contributed by atoms with Gasteiger partial charge in [-0.15, -0.1) is 0 Å². The van der Waals surface area contributed by atoms with Crippen molar-refractivity contribution in [3.8, 4) is 0 Å². The predicted octanol–water partition coefficient (Wildman–Crippen LogP) is 5.90. The maximum Gasteiger partial charge on any atom is 0.300 e. The fraction of sp³-hybridized carbons (Fsp3) is 0.179. The van der Waals surface area contributed by atoms with Crippen LogP contribution in [0.3, 0.4) is 0 Å². The van der Waals surface area contributed by atoms with Gasteiger partial charge in [-0.05, 0) is 60.4 Å². The zero-order chi connectivity index (χ0) is 25.3. The summed E-state index contributed by atoms with van der Waals surface area (Å²) in [6.07, 6.45) is 0.845. The van der Waals surface area contributed by atoms with E-state index in [1.165, 1.54) is 11.8 Å². The molecule has 1 heterocycles. The van der Waals surface area contributed by atoms with Crippen molar-refractivity contribution >= 4 is 50.7 Å². The van der Waals surface area contributed by atoms with Crippen molar-refractivity contribution in [1.82, 2.24) is 0 Å². The van der Waals surface area contributed by atoms with Gasteiger partial charge in [-0.3, -0.25) is 19.3 Å². The number of anilines is 2. The maximum absolute atomic E-state index is 13.3. The van der Waals surface area contributed by atoms with Gasteiger partial charge < -0.3 is 10.4 Å². The molecule has 0 saturated carbocycles. The van der Waals surface area contributed by atoms with Crippen LogP contribution < -0.4 is 10.2 Å². The van der Waals surface area contributed by atoms with Crippen molar-refractivity contribution < 1.29 is 19.5 Å². The fourth-order valence-corrected chi connectivity index (χ4v) is 4.48. The smallest absolute Gasteiger partial charge is 0.300 e. The Morgan fingerprint density at radius 2 is 1.77 bits per heavy atom. The van der Waals surface area contributed by atoms with Crippen LogP contribution in [0.25, 0.3) is 5.76 Å². The summed E-state index contributed by atoms with van der Waals surface area (Å²) in [6.45, 7) is 5.33. The summed E-state index contributed by atoms with van der Waals surface area (Å²) in [5.74, 6) is -1.99. The molecular weight excluding hydrogens is 508 g/mol. The largest absolute Gasteiger partial charge is 0.507 e. The van der Waals surface area contributed by atoms with Crippen LogP contribution in [0.4, 0.5) is 11.4 Å². The van der Waals surface area contributed by atoms with E-state index in [4.69, 9.17) is 0 Å². The molecule has 178 valence electrons. The van der Waals surface area contributed by atoms with E-state index >= 15 is 0 Å². The molecule has 0 bridgehead atoms. The standard InChI is InChI=1S/C28H25BrN2O4/c1-4-18-8-10-19(11-9-18)25-24(26(33)20-12-13-23(29)16(2)14-20)27(34)28(35)31(25)22-7-5-6-21(15-22)30-17(3)32/h5-15,25,33H,4H2,1-3H3,(H,30,32)/b26-24+. The Labute approximate surface area is 212 Å². The topological polar surface area (TPSA) is 86.7 Å². The van der Waals surface area contributed by atoms with Gasteiger partial charge in [-0.1, -0.05) is 59.3 Å². The van der Waals surface area contributed by atoms with Crippen molar-refractivity contribution in [2.24, 2.45) is 0 Å². The van der Waals surface area contributed by atoms with E-state index in [0.717, 1.165) is 22.0 Å². The molecule has 0 aliphatic carbocycles. The Bertz CT molecular complexity index is 1360. The first kappa shape index (κ1) is 24.4. The molecule has 0 radical (unpaired) electrons. The van der Waals surface area contributed by atoms with E-state index in [9.17, 15) is 19.5 Å². The molecule has 2 amide bonds. The highest BCUT2D eigenvalue weighted by molar-refractivity contribution is 9.10. The molecule has 6 nitrogen and oxygen atoms in total. The number of aryl methyl sites for hydroxylation is 2. The number of hydrogen-bond acceptors (Lipinski definition) is 4. The van der Waals surface area contributed by atoms with Gasteiger partial charge in [0.05, 0.1) is 11.6 Å². The minimum Gasteiger partial charge on any atom is -0.507 e. The summed E-state index contributed by atoms with van der Waals surface area (Å²) in [6, 6.07) is 18.8. The first-order chi connectivity index (χ1) is 16.7. The summed E-state index contributed by atoms with van der Waals surface area (Å²) < 4.78 is 0.871. The Hall–Kier alpha value is -3.71. The SMILES string of the molecule is CCc1ccc(C2/C(=C(\O)c3ccc(Br)c(C)c3)C(=O)C(=O)N2c2cccc(NC(C)=O)c2)cc1. The maximum atomic E-state index is 13.3. The van der Waals surface area contributed by atoms with Gasteiger partial charge in [0.2, 0.25) is 5.91 Å². The molecule has 1 fully saturated rings. The van der Waals surface area contributed by atoms with Crippen molar-refractivity contribution in [2.45, 2.75) is 33.2 Å². The number of hydrogen-bond donors (Lipinski definition) is 2. The number of halogens is 1. The van der Waals surface area contributed by atoms with E-state index in [2.05, 4.69) is 21.2 Å². The molecule has 3 aromatic rings. The summed E-state index contributed by atoms with van der Waals surface area (Å²) in [5.41, 5.74) is 4.10. The first-order valence-corrected chi connectivity index (χ1v) is 12.0. The van der Waals surface area contributed by atoms with Crippen LogP contribution in [0, 0.1) is 6.92 Å². The van der Waals surface area contributed by atoms with Gasteiger partial charge >= 0.3 is 0 Å². The molecule has 1 saturated heterocycles. The van der Waals surface area contributed by atoms with Gasteiger partial charge in [0.25, 0.3) is 11.7 Å². The lowest BCUT2D eigenvalue weighted by atomic mass is 9.94. The number of nitrogens with zero attached hydrogens (tertiary/aromatic N) is 1. The second-order valence-corrected chi connectivity index (χ2v) is 9.31. The van der Waals surface area contributed by atoms with E-state index < -0.39 is 17.7 Å². The third-order valence-electron chi connectivity index (χ3n) is 6.02. The minimum absolute atomic E-state index is 0.0194. The molecule has 0 spiro atoms. The lowest BCUT2D eigenvalue weighted by Crippen LogP contribution is -2.29. The number of nitrogens with one attached hydrogen (secondary N) is 1.